The second-order valence-corrected chi connectivity index (χ2v) is 5.12. The Morgan fingerprint density at radius 2 is 2.24 bits per heavy atom. The Morgan fingerprint density at radius 1 is 1.47 bits per heavy atom. The standard InChI is InChI=1S/C13H16N2OS/c1-9(8-14)15(2)13(16)11-3-4-12-10(7-11)5-6-17-12/h3-7,9H,8,14H2,1-2H3. The Labute approximate surface area is 105 Å². The molecule has 0 bridgehead atoms. The number of fused-ring (bicyclic) bond motifs is 1. The van der Waals surface area contributed by atoms with Gasteiger partial charge in [0.1, 0.15) is 0 Å². The zero-order chi connectivity index (χ0) is 12.4. The van der Waals surface area contributed by atoms with Gasteiger partial charge >= 0.3 is 0 Å². The van der Waals surface area contributed by atoms with Crippen LogP contribution in [0.3, 0.4) is 0 Å². The van der Waals surface area contributed by atoms with E-state index in [2.05, 4.69) is 0 Å². The number of carbonyl (C=O) groups excluding carboxylic acids is 1. The third-order valence-electron chi connectivity index (χ3n) is 3.02. The van der Waals surface area contributed by atoms with Crippen LogP contribution in [0, 0.1) is 0 Å². The van der Waals surface area contributed by atoms with E-state index in [0.717, 1.165) is 10.9 Å². The van der Waals surface area contributed by atoms with Crippen LogP contribution < -0.4 is 5.73 Å². The fourth-order valence-electron chi connectivity index (χ4n) is 1.66. The number of rotatable bonds is 3. The van der Waals surface area contributed by atoms with Gasteiger partial charge in [-0.2, -0.15) is 0 Å². The van der Waals surface area contributed by atoms with E-state index in [9.17, 15) is 4.79 Å². The highest BCUT2D eigenvalue weighted by Crippen LogP contribution is 2.22. The number of likely N-dealkylation sites (N-methyl/N-ethyl adjacent to an activating group) is 1. The molecule has 1 aromatic carbocycles. The van der Waals surface area contributed by atoms with Gasteiger partial charge in [0.2, 0.25) is 0 Å². The van der Waals surface area contributed by atoms with Crippen LogP contribution in [0.4, 0.5) is 0 Å². The van der Waals surface area contributed by atoms with E-state index in [0.29, 0.717) is 6.54 Å². The Hall–Kier alpha value is -1.39. The lowest BCUT2D eigenvalue weighted by Gasteiger charge is -2.23. The quantitative estimate of drug-likeness (QED) is 0.906. The van der Waals surface area contributed by atoms with E-state index >= 15 is 0 Å². The first-order chi connectivity index (χ1) is 8.13. The molecule has 0 aliphatic heterocycles. The lowest BCUT2D eigenvalue weighted by Crippen LogP contribution is -2.39. The Bertz CT molecular complexity index is 535. The summed E-state index contributed by atoms with van der Waals surface area (Å²) in [5, 5.41) is 3.15. The molecule has 0 saturated heterocycles. The molecule has 1 aromatic heterocycles. The van der Waals surface area contributed by atoms with Crippen molar-refractivity contribution in [2.75, 3.05) is 13.6 Å². The first-order valence-electron chi connectivity index (χ1n) is 5.58. The maximum atomic E-state index is 12.2. The van der Waals surface area contributed by atoms with Crippen molar-refractivity contribution < 1.29 is 4.79 Å². The summed E-state index contributed by atoms with van der Waals surface area (Å²) < 4.78 is 1.20. The molecular weight excluding hydrogens is 232 g/mol. The zero-order valence-corrected chi connectivity index (χ0v) is 10.8. The molecule has 0 fully saturated rings. The van der Waals surface area contributed by atoms with Gasteiger partial charge in [-0.25, -0.2) is 0 Å². The number of amides is 1. The van der Waals surface area contributed by atoms with Gasteiger partial charge < -0.3 is 10.6 Å². The smallest absolute Gasteiger partial charge is 0.253 e. The first-order valence-corrected chi connectivity index (χ1v) is 6.46. The number of benzene rings is 1. The highest BCUT2D eigenvalue weighted by molar-refractivity contribution is 7.17. The van der Waals surface area contributed by atoms with Crippen LogP contribution >= 0.6 is 11.3 Å². The number of carbonyl (C=O) groups is 1. The van der Waals surface area contributed by atoms with Crippen molar-refractivity contribution in [3.05, 3.63) is 35.2 Å². The SMILES string of the molecule is CC(CN)N(C)C(=O)c1ccc2sccc2c1. The maximum absolute atomic E-state index is 12.2. The van der Waals surface area contributed by atoms with E-state index in [4.69, 9.17) is 5.73 Å². The van der Waals surface area contributed by atoms with E-state index in [1.807, 2.05) is 36.6 Å². The van der Waals surface area contributed by atoms with E-state index < -0.39 is 0 Å². The Morgan fingerprint density at radius 3 is 2.94 bits per heavy atom. The van der Waals surface area contributed by atoms with Crippen LogP contribution in [0.1, 0.15) is 17.3 Å². The lowest BCUT2D eigenvalue weighted by molar-refractivity contribution is 0.0748. The summed E-state index contributed by atoms with van der Waals surface area (Å²) in [6, 6.07) is 7.90. The molecular formula is C13H16N2OS. The Balaban J connectivity index is 2.29. The third kappa shape index (κ3) is 2.33. The van der Waals surface area contributed by atoms with Gasteiger partial charge in [0, 0.05) is 29.9 Å². The summed E-state index contributed by atoms with van der Waals surface area (Å²) in [4.78, 5) is 13.9. The highest BCUT2D eigenvalue weighted by atomic mass is 32.1. The average Bonchev–Trinajstić information content (AvgIpc) is 2.83. The van der Waals surface area contributed by atoms with Gasteiger partial charge in [0.05, 0.1) is 0 Å². The fourth-order valence-corrected chi connectivity index (χ4v) is 2.43. The lowest BCUT2D eigenvalue weighted by atomic mass is 10.1. The van der Waals surface area contributed by atoms with Gasteiger partial charge in [-0.05, 0) is 42.0 Å². The van der Waals surface area contributed by atoms with Crippen molar-refractivity contribution in [3.8, 4) is 0 Å². The molecule has 1 unspecified atom stereocenters. The van der Waals surface area contributed by atoms with Gasteiger partial charge in [0.15, 0.2) is 0 Å². The summed E-state index contributed by atoms with van der Waals surface area (Å²) in [7, 11) is 1.79. The minimum absolute atomic E-state index is 0.0241. The van der Waals surface area contributed by atoms with Crippen molar-refractivity contribution in [2.45, 2.75) is 13.0 Å². The molecule has 1 amide bonds. The number of hydrogen-bond acceptors (Lipinski definition) is 3. The Kier molecular flexibility index (Phi) is 3.45. The van der Waals surface area contributed by atoms with Crippen LogP contribution in [0.25, 0.3) is 10.1 Å². The van der Waals surface area contributed by atoms with Crippen molar-refractivity contribution >= 4 is 27.3 Å². The summed E-state index contributed by atoms with van der Waals surface area (Å²) in [6.07, 6.45) is 0. The van der Waals surface area contributed by atoms with Crippen molar-refractivity contribution in [2.24, 2.45) is 5.73 Å². The van der Waals surface area contributed by atoms with Crippen molar-refractivity contribution in [1.82, 2.24) is 4.90 Å². The van der Waals surface area contributed by atoms with Crippen LogP contribution in [-0.2, 0) is 0 Å². The second kappa shape index (κ2) is 4.85. The molecule has 0 aliphatic carbocycles. The van der Waals surface area contributed by atoms with Crippen LogP contribution in [-0.4, -0.2) is 30.4 Å². The van der Waals surface area contributed by atoms with Crippen molar-refractivity contribution in [3.63, 3.8) is 0 Å². The summed E-state index contributed by atoms with van der Waals surface area (Å²) in [5.74, 6) is 0.0241. The summed E-state index contributed by atoms with van der Waals surface area (Å²) >= 11 is 1.68. The third-order valence-corrected chi connectivity index (χ3v) is 3.92. The molecule has 0 saturated carbocycles. The molecule has 2 rings (SSSR count). The fraction of sp³-hybridized carbons (Fsp3) is 0.308. The molecule has 0 radical (unpaired) electrons. The minimum atomic E-state index is 0.0241. The van der Waals surface area contributed by atoms with E-state index in [-0.39, 0.29) is 11.9 Å². The molecule has 1 heterocycles. The van der Waals surface area contributed by atoms with Gasteiger partial charge in [-0.15, -0.1) is 11.3 Å². The maximum Gasteiger partial charge on any atom is 0.253 e. The van der Waals surface area contributed by atoms with Gasteiger partial charge in [-0.1, -0.05) is 0 Å². The van der Waals surface area contributed by atoms with Crippen LogP contribution in [0.5, 0.6) is 0 Å². The van der Waals surface area contributed by atoms with Gasteiger partial charge in [-0.3, -0.25) is 4.79 Å². The topological polar surface area (TPSA) is 46.3 Å². The van der Waals surface area contributed by atoms with Gasteiger partial charge in [0.25, 0.3) is 5.91 Å². The molecule has 4 heteroatoms. The number of thiophene rings is 1. The second-order valence-electron chi connectivity index (χ2n) is 4.17. The van der Waals surface area contributed by atoms with Crippen LogP contribution in [0.15, 0.2) is 29.6 Å². The highest BCUT2D eigenvalue weighted by Gasteiger charge is 2.16. The molecule has 90 valence electrons. The first kappa shape index (κ1) is 12.1. The van der Waals surface area contributed by atoms with Crippen LogP contribution in [0.2, 0.25) is 0 Å². The minimum Gasteiger partial charge on any atom is -0.338 e. The molecule has 2 N–H and O–H groups in total. The predicted octanol–water partition coefficient (Wildman–Crippen LogP) is 2.32. The largest absolute Gasteiger partial charge is 0.338 e. The van der Waals surface area contributed by atoms with E-state index in [1.165, 1.54) is 4.70 Å². The zero-order valence-electron chi connectivity index (χ0n) is 10.0. The molecule has 2 aromatic rings. The molecule has 1 atom stereocenters. The number of hydrogen-bond donors (Lipinski definition) is 1. The monoisotopic (exact) mass is 248 g/mol. The number of nitrogens with zero attached hydrogens (tertiary/aromatic N) is 1. The molecule has 3 nitrogen and oxygen atoms in total. The molecule has 0 aliphatic rings. The van der Waals surface area contributed by atoms with Crippen molar-refractivity contribution in [1.29, 1.82) is 0 Å². The summed E-state index contributed by atoms with van der Waals surface area (Å²) in [6.45, 7) is 2.42. The predicted molar refractivity (Wildman–Crippen MR) is 72.4 cm³/mol. The average molecular weight is 248 g/mol. The molecule has 17 heavy (non-hydrogen) atoms. The van der Waals surface area contributed by atoms with E-state index in [1.54, 1.807) is 23.3 Å². The summed E-state index contributed by atoms with van der Waals surface area (Å²) in [5.41, 5.74) is 6.29. The number of nitrogens with two attached hydrogens (primary N) is 1. The molecule has 0 spiro atoms. The normalized spacial score (nSPS) is 12.6.